The Morgan fingerprint density at radius 1 is 1.22 bits per heavy atom. The summed E-state index contributed by atoms with van der Waals surface area (Å²) in [4.78, 5) is 9.13. The molecule has 1 N–H and O–H groups in total. The summed E-state index contributed by atoms with van der Waals surface area (Å²) in [5, 5.41) is 7.81. The zero-order valence-corrected chi connectivity index (χ0v) is 20.9. The molecule has 0 saturated carbocycles. The van der Waals surface area contributed by atoms with Crippen LogP contribution in [0.1, 0.15) is 23.3 Å². The first-order valence-corrected chi connectivity index (χ1v) is 10.8. The number of aromatic nitrogens is 2. The van der Waals surface area contributed by atoms with Gasteiger partial charge >= 0.3 is 0 Å². The number of halogens is 2. The predicted molar refractivity (Wildman–Crippen MR) is 132 cm³/mol. The molecule has 2 atom stereocenters. The van der Waals surface area contributed by atoms with E-state index in [1.165, 1.54) is 12.1 Å². The van der Waals surface area contributed by atoms with Gasteiger partial charge in [-0.25, -0.2) is 4.39 Å². The lowest BCUT2D eigenvalue weighted by Crippen LogP contribution is -2.50. The van der Waals surface area contributed by atoms with Gasteiger partial charge in [0, 0.05) is 52.0 Å². The van der Waals surface area contributed by atoms with Crippen molar-refractivity contribution in [1.82, 2.24) is 24.9 Å². The van der Waals surface area contributed by atoms with Gasteiger partial charge in [-0.3, -0.25) is 14.6 Å². The van der Waals surface area contributed by atoms with Crippen LogP contribution in [-0.2, 0) is 16.5 Å². The van der Waals surface area contributed by atoms with E-state index in [0.717, 1.165) is 36.7 Å². The Kier molecular flexibility index (Phi) is 9.26. The molecule has 8 nitrogen and oxygen atoms in total. The van der Waals surface area contributed by atoms with Crippen LogP contribution in [0.15, 0.2) is 41.7 Å². The molecular weight excluding hydrogens is 526 g/mol. The fourth-order valence-corrected chi connectivity index (χ4v) is 4.20. The van der Waals surface area contributed by atoms with Gasteiger partial charge in [-0.15, -0.1) is 24.0 Å². The van der Waals surface area contributed by atoms with Gasteiger partial charge in [0.05, 0.1) is 38.6 Å². The van der Waals surface area contributed by atoms with E-state index in [4.69, 9.17) is 9.47 Å². The Hall–Kier alpha value is -1.76. The molecule has 0 amide bonds. The summed E-state index contributed by atoms with van der Waals surface area (Å²) in [7, 11) is 3.71. The summed E-state index contributed by atoms with van der Waals surface area (Å²) < 4.78 is 26.8. The Bertz CT molecular complexity index is 872. The van der Waals surface area contributed by atoms with Gasteiger partial charge in [-0.2, -0.15) is 5.10 Å². The lowest BCUT2D eigenvalue weighted by atomic mass is 10.0. The maximum Gasteiger partial charge on any atom is 0.193 e. The molecule has 2 saturated heterocycles. The number of aliphatic imine (C=N–C) groups is 1. The minimum atomic E-state index is -0.219. The number of nitrogens with zero attached hydrogens (tertiary/aromatic N) is 5. The molecule has 0 bridgehead atoms. The standard InChI is InChI=1S/C22H31FN6O2.HI/c1-24-22(29-9-12-31-21(16-29)18-13-26-27(2)15-18)25-14-20(28-7-10-30-11-8-28)17-3-5-19(23)6-4-17;/h3-6,13,15,20-21H,7-12,14,16H2,1-2H3,(H,24,25);1H. The third-order valence-electron chi connectivity index (χ3n) is 5.87. The quantitative estimate of drug-likeness (QED) is 0.345. The normalized spacial score (nSPS) is 21.2. The average Bonchev–Trinajstić information content (AvgIpc) is 3.25. The van der Waals surface area contributed by atoms with Crippen molar-refractivity contribution in [2.75, 3.05) is 59.6 Å². The van der Waals surface area contributed by atoms with Gasteiger partial charge in [-0.1, -0.05) is 12.1 Å². The predicted octanol–water partition coefficient (Wildman–Crippen LogP) is 2.20. The van der Waals surface area contributed by atoms with E-state index in [9.17, 15) is 4.39 Å². The van der Waals surface area contributed by atoms with Crippen molar-refractivity contribution in [3.63, 3.8) is 0 Å². The number of ether oxygens (including phenoxy) is 2. The molecule has 0 aliphatic carbocycles. The van der Waals surface area contributed by atoms with Crippen LogP contribution < -0.4 is 5.32 Å². The number of morpholine rings is 2. The summed E-state index contributed by atoms with van der Waals surface area (Å²) in [6, 6.07) is 6.90. The van der Waals surface area contributed by atoms with Crippen LogP contribution in [0.3, 0.4) is 0 Å². The summed E-state index contributed by atoms with van der Waals surface area (Å²) in [6.07, 6.45) is 3.81. The maximum atomic E-state index is 13.5. The lowest BCUT2D eigenvalue weighted by Gasteiger charge is -2.38. The van der Waals surface area contributed by atoms with Crippen molar-refractivity contribution in [3.05, 3.63) is 53.6 Å². The third-order valence-corrected chi connectivity index (χ3v) is 5.87. The second-order valence-corrected chi connectivity index (χ2v) is 7.90. The Morgan fingerprint density at radius 2 is 1.97 bits per heavy atom. The first-order valence-electron chi connectivity index (χ1n) is 10.8. The third kappa shape index (κ3) is 6.18. The number of aryl methyl sites for hydroxylation is 1. The van der Waals surface area contributed by atoms with E-state index >= 15 is 0 Å². The summed E-state index contributed by atoms with van der Waals surface area (Å²) >= 11 is 0. The average molecular weight is 558 g/mol. The summed E-state index contributed by atoms with van der Waals surface area (Å²) in [5.74, 6) is 0.626. The maximum absolute atomic E-state index is 13.5. The number of nitrogens with one attached hydrogen (secondary N) is 1. The van der Waals surface area contributed by atoms with Gasteiger partial charge in [0.1, 0.15) is 11.9 Å². The van der Waals surface area contributed by atoms with Crippen molar-refractivity contribution in [2.24, 2.45) is 12.0 Å². The highest BCUT2D eigenvalue weighted by Gasteiger charge is 2.27. The first-order chi connectivity index (χ1) is 15.1. The number of rotatable bonds is 5. The zero-order chi connectivity index (χ0) is 21.6. The topological polar surface area (TPSA) is 67.2 Å². The Balaban J connectivity index is 0.00000289. The molecule has 2 aliphatic heterocycles. The lowest BCUT2D eigenvalue weighted by molar-refractivity contribution is -0.00853. The van der Waals surface area contributed by atoms with Crippen molar-refractivity contribution in [3.8, 4) is 0 Å². The van der Waals surface area contributed by atoms with E-state index in [1.807, 2.05) is 31.6 Å². The fourth-order valence-electron chi connectivity index (χ4n) is 4.20. The molecule has 1 aromatic heterocycles. The van der Waals surface area contributed by atoms with Crippen molar-refractivity contribution >= 4 is 29.9 Å². The fraction of sp³-hybridized carbons (Fsp3) is 0.545. The smallest absolute Gasteiger partial charge is 0.193 e. The van der Waals surface area contributed by atoms with Gasteiger partial charge in [0.15, 0.2) is 5.96 Å². The molecule has 0 radical (unpaired) electrons. The molecule has 4 rings (SSSR count). The Morgan fingerprint density at radius 3 is 2.62 bits per heavy atom. The van der Waals surface area contributed by atoms with Gasteiger partial charge < -0.3 is 19.7 Å². The molecule has 2 aliphatic rings. The van der Waals surface area contributed by atoms with Crippen LogP contribution in [0.2, 0.25) is 0 Å². The zero-order valence-electron chi connectivity index (χ0n) is 18.6. The van der Waals surface area contributed by atoms with Crippen molar-refractivity contribution in [2.45, 2.75) is 12.1 Å². The minimum absolute atomic E-state index is 0. The van der Waals surface area contributed by atoms with Crippen LogP contribution in [-0.4, -0.2) is 85.1 Å². The van der Waals surface area contributed by atoms with E-state index in [2.05, 4.69) is 25.2 Å². The minimum Gasteiger partial charge on any atom is -0.379 e. The molecule has 2 unspecified atom stereocenters. The second kappa shape index (κ2) is 11.9. The highest BCUT2D eigenvalue weighted by atomic mass is 127. The van der Waals surface area contributed by atoms with Gasteiger partial charge in [0.2, 0.25) is 0 Å². The van der Waals surface area contributed by atoms with Crippen LogP contribution in [0.5, 0.6) is 0 Å². The molecule has 3 heterocycles. The highest BCUT2D eigenvalue weighted by molar-refractivity contribution is 14.0. The van der Waals surface area contributed by atoms with E-state index in [1.54, 1.807) is 11.7 Å². The SMILES string of the molecule is CN=C(NCC(c1ccc(F)cc1)N1CCOCC1)N1CCOC(c2cnn(C)c2)C1.I. The van der Waals surface area contributed by atoms with Crippen LogP contribution in [0, 0.1) is 5.82 Å². The van der Waals surface area contributed by atoms with Crippen LogP contribution in [0.25, 0.3) is 0 Å². The monoisotopic (exact) mass is 558 g/mol. The summed E-state index contributed by atoms with van der Waals surface area (Å²) in [5.41, 5.74) is 2.15. The molecular formula is C22H32FIN6O2. The largest absolute Gasteiger partial charge is 0.379 e. The molecule has 2 aromatic rings. The second-order valence-electron chi connectivity index (χ2n) is 7.90. The number of benzene rings is 1. The van der Waals surface area contributed by atoms with Crippen LogP contribution >= 0.6 is 24.0 Å². The number of hydrogen-bond donors (Lipinski definition) is 1. The molecule has 1 aromatic carbocycles. The van der Waals surface area contributed by atoms with E-state index in [-0.39, 0.29) is 41.9 Å². The van der Waals surface area contributed by atoms with Gasteiger partial charge in [-0.05, 0) is 17.7 Å². The van der Waals surface area contributed by atoms with Crippen LogP contribution in [0.4, 0.5) is 4.39 Å². The van der Waals surface area contributed by atoms with Gasteiger partial charge in [0.25, 0.3) is 0 Å². The molecule has 32 heavy (non-hydrogen) atoms. The highest BCUT2D eigenvalue weighted by Crippen LogP contribution is 2.23. The number of hydrogen-bond acceptors (Lipinski definition) is 5. The molecule has 0 spiro atoms. The Labute approximate surface area is 205 Å². The number of guanidine groups is 1. The van der Waals surface area contributed by atoms with Crippen molar-refractivity contribution < 1.29 is 13.9 Å². The first kappa shape index (κ1) is 24.9. The summed E-state index contributed by atoms with van der Waals surface area (Å²) in [6.45, 7) is 5.91. The molecule has 2 fully saturated rings. The molecule has 10 heteroatoms. The molecule has 176 valence electrons. The van der Waals surface area contributed by atoms with E-state index < -0.39 is 0 Å². The van der Waals surface area contributed by atoms with Crippen molar-refractivity contribution in [1.29, 1.82) is 0 Å². The van der Waals surface area contributed by atoms with E-state index in [0.29, 0.717) is 32.9 Å².